The van der Waals surface area contributed by atoms with E-state index in [0.717, 1.165) is 88.1 Å². The Bertz CT molecular complexity index is 1290. The molecule has 212 valence electrons. The molecule has 1 unspecified atom stereocenters. The first-order chi connectivity index (χ1) is 19.3. The van der Waals surface area contributed by atoms with Crippen LogP contribution in [0.15, 0.2) is 42.4 Å². The van der Waals surface area contributed by atoms with Crippen LogP contribution in [0.25, 0.3) is 0 Å². The lowest BCUT2D eigenvalue weighted by molar-refractivity contribution is -0.137. The van der Waals surface area contributed by atoms with E-state index in [1.54, 1.807) is 6.07 Å². The molecule has 4 heterocycles. The van der Waals surface area contributed by atoms with Gasteiger partial charge in [0.15, 0.2) is 0 Å². The van der Waals surface area contributed by atoms with E-state index in [0.29, 0.717) is 30.5 Å². The molecule has 3 aliphatic heterocycles. The number of rotatable bonds is 6. The van der Waals surface area contributed by atoms with Crippen LogP contribution in [0.5, 0.6) is 0 Å². The molecular weight excluding hydrogens is 505 g/mol. The molecule has 3 fully saturated rings. The lowest BCUT2D eigenvalue weighted by Crippen LogP contribution is -2.47. The number of aromatic nitrogens is 2. The van der Waals surface area contributed by atoms with Gasteiger partial charge in [-0.25, -0.2) is 14.4 Å². The molecule has 1 atom stereocenters. The minimum Gasteiger partial charge on any atom is -0.377 e. The smallest absolute Gasteiger partial charge is 0.257 e. The van der Waals surface area contributed by atoms with Crippen molar-refractivity contribution in [3.63, 3.8) is 0 Å². The molecule has 0 N–H and O–H groups in total. The second-order valence-electron chi connectivity index (χ2n) is 12.3. The Hall–Kier alpha value is -3.29. The monoisotopic (exact) mass is 545 g/mol. The normalized spacial score (nSPS) is 22.5. The van der Waals surface area contributed by atoms with Crippen molar-refractivity contribution < 1.29 is 14.0 Å². The minimum atomic E-state index is -0.196. The van der Waals surface area contributed by atoms with Crippen LogP contribution in [0, 0.1) is 31.5 Å². The van der Waals surface area contributed by atoms with E-state index < -0.39 is 0 Å². The van der Waals surface area contributed by atoms with Crippen LogP contribution in [-0.4, -0.2) is 75.8 Å². The van der Waals surface area contributed by atoms with Gasteiger partial charge >= 0.3 is 0 Å². The maximum atomic E-state index is 14.3. The number of nitrogens with zero attached hydrogens (tertiary/aromatic N) is 5. The highest BCUT2D eigenvalue weighted by Gasteiger charge is 2.41. The number of hydrogen-bond donors (Lipinski definition) is 0. The van der Waals surface area contributed by atoms with Gasteiger partial charge in [-0.1, -0.05) is 25.0 Å². The van der Waals surface area contributed by atoms with Crippen molar-refractivity contribution in [2.24, 2.45) is 11.8 Å². The largest absolute Gasteiger partial charge is 0.377 e. The fourth-order valence-electron chi connectivity index (χ4n) is 7.51. The lowest BCUT2D eigenvalue weighted by atomic mass is 9.70. The Labute approximate surface area is 236 Å². The summed E-state index contributed by atoms with van der Waals surface area (Å²) in [6.45, 7) is 8.35. The summed E-state index contributed by atoms with van der Waals surface area (Å²) in [5, 5.41) is 0. The molecule has 4 aliphatic rings. The van der Waals surface area contributed by atoms with Crippen LogP contribution in [0.3, 0.4) is 0 Å². The van der Waals surface area contributed by atoms with Crippen LogP contribution in [0.1, 0.15) is 72.3 Å². The highest BCUT2D eigenvalue weighted by molar-refractivity contribution is 5.96. The van der Waals surface area contributed by atoms with Crippen molar-refractivity contribution in [2.75, 3.05) is 39.3 Å². The zero-order chi connectivity index (χ0) is 27.9. The van der Waals surface area contributed by atoms with E-state index in [1.807, 2.05) is 24.8 Å². The van der Waals surface area contributed by atoms with Crippen LogP contribution in [0.4, 0.5) is 4.39 Å². The minimum absolute atomic E-state index is 0.0152. The first-order valence-electron chi connectivity index (χ1n) is 14.9. The van der Waals surface area contributed by atoms with E-state index >= 15 is 0 Å². The topological polar surface area (TPSA) is 69.6 Å². The molecule has 1 aromatic heterocycles. The molecule has 1 aliphatic carbocycles. The highest BCUT2D eigenvalue weighted by atomic mass is 19.1. The highest BCUT2D eigenvalue weighted by Crippen LogP contribution is 2.41. The van der Waals surface area contributed by atoms with Gasteiger partial charge in [0.05, 0.1) is 17.0 Å². The van der Waals surface area contributed by atoms with Gasteiger partial charge in [0, 0.05) is 62.7 Å². The summed E-state index contributed by atoms with van der Waals surface area (Å²) < 4.78 is 14.3. The number of fused-ring (bicyclic) bond motifs is 1. The number of aryl methyl sites for hydroxylation is 2. The summed E-state index contributed by atoms with van der Waals surface area (Å²) in [6, 6.07) is 7.10. The van der Waals surface area contributed by atoms with Crippen molar-refractivity contribution in [2.45, 2.75) is 64.2 Å². The second-order valence-corrected chi connectivity index (χ2v) is 12.3. The number of hydrogen-bond acceptors (Lipinski definition) is 5. The Kier molecular flexibility index (Phi) is 7.36. The van der Waals surface area contributed by atoms with Crippen molar-refractivity contribution in [1.29, 1.82) is 0 Å². The number of likely N-dealkylation sites (tertiary alicyclic amines) is 2. The fourth-order valence-corrected chi connectivity index (χ4v) is 7.51. The predicted octanol–water partition coefficient (Wildman–Crippen LogP) is 4.64. The molecule has 7 nitrogen and oxygen atoms in total. The number of carbonyl (C=O) groups is 2. The number of amides is 2. The van der Waals surface area contributed by atoms with Gasteiger partial charge in [-0.05, 0) is 69.2 Å². The molecule has 0 radical (unpaired) electrons. The number of piperidine rings is 1. The first kappa shape index (κ1) is 26.9. The van der Waals surface area contributed by atoms with Crippen LogP contribution in [-0.2, 0) is 10.2 Å². The van der Waals surface area contributed by atoms with Gasteiger partial charge in [0.1, 0.15) is 12.1 Å². The Morgan fingerprint density at radius 3 is 2.42 bits per heavy atom. The molecule has 1 aromatic carbocycles. The SMILES string of the molecule is Cc1ncnc(C)c1C(=O)N1CC2=CN(CCC3(c4cccc(F)c4)CCN(C(=O)C4CCCC4)CC3)CC2C1. The zero-order valence-corrected chi connectivity index (χ0v) is 23.7. The van der Waals surface area contributed by atoms with Crippen molar-refractivity contribution >= 4 is 11.8 Å². The van der Waals surface area contributed by atoms with Crippen LogP contribution < -0.4 is 0 Å². The first-order valence-corrected chi connectivity index (χ1v) is 14.9. The predicted molar refractivity (Wildman–Crippen MR) is 151 cm³/mol. The van der Waals surface area contributed by atoms with Crippen LogP contribution >= 0.6 is 0 Å². The quantitative estimate of drug-likeness (QED) is 0.529. The van der Waals surface area contributed by atoms with Gasteiger partial charge < -0.3 is 14.7 Å². The van der Waals surface area contributed by atoms with Gasteiger partial charge in [-0.15, -0.1) is 0 Å². The average molecular weight is 546 g/mol. The standard InChI is InChI=1S/C32H40FN5O2/c1-22-29(23(2)35-21-34-22)31(40)38-19-25-17-36(18-26(25)20-38)13-10-32(27-8-5-9-28(33)16-27)11-14-37(15-12-32)30(39)24-6-3-4-7-24/h5,8-9,16-17,21,24,26H,3-4,6-7,10-15,18-20H2,1-2H3. The summed E-state index contributed by atoms with van der Waals surface area (Å²) in [5.41, 5.74) is 4.29. The summed E-state index contributed by atoms with van der Waals surface area (Å²) in [5.74, 6) is 0.685. The van der Waals surface area contributed by atoms with Crippen molar-refractivity contribution in [3.05, 3.63) is 70.7 Å². The lowest BCUT2D eigenvalue weighted by Gasteiger charge is -2.44. The maximum Gasteiger partial charge on any atom is 0.257 e. The molecular formula is C32H40FN5O2. The van der Waals surface area contributed by atoms with E-state index in [1.165, 1.54) is 18.0 Å². The third-order valence-corrected chi connectivity index (χ3v) is 9.92. The van der Waals surface area contributed by atoms with Gasteiger partial charge in [0.2, 0.25) is 5.91 Å². The van der Waals surface area contributed by atoms with Gasteiger partial charge in [0.25, 0.3) is 5.91 Å². The molecule has 1 saturated carbocycles. The van der Waals surface area contributed by atoms with E-state index in [4.69, 9.17) is 0 Å². The van der Waals surface area contributed by atoms with E-state index in [-0.39, 0.29) is 23.1 Å². The summed E-state index contributed by atoms with van der Waals surface area (Å²) in [6.07, 6.45) is 10.8. The summed E-state index contributed by atoms with van der Waals surface area (Å²) in [4.78, 5) is 41.2. The van der Waals surface area contributed by atoms with Crippen molar-refractivity contribution in [3.8, 4) is 0 Å². The molecule has 0 bridgehead atoms. The number of carbonyl (C=O) groups excluding carboxylic acids is 2. The number of halogens is 1. The molecule has 6 rings (SSSR count). The average Bonchev–Trinajstić information content (AvgIpc) is 3.69. The Morgan fingerprint density at radius 2 is 1.75 bits per heavy atom. The third-order valence-electron chi connectivity index (χ3n) is 9.92. The summed E-state index contributed by atoms with van der Waals surface area (Å²) >= 11 is 0. The fraction of sp³-hybridized carbons (Fsp3) is 0.562. The maximum absolute atomic E-state index is 14.3. The van der Waals surface area contributed by atoms with Crippen molar-refractivity contribution in [1.82, 2.24) is 24.7 Å². The molecule has 8 heteroatoms. The van der Waals surface area contributed by atoms with E-state index in [9.17, 15) is 14.0 Å². The molecule has 2 aromatic rings. The molecule has 40 heavy (non-hydrogen) atoms. The summed E-state index contributed by atoms with van der Waals surface area (Å²) in [7, 11) is 0. The Morgan fingerprint density at radius 1 is 1.02 bits per heavy atom. The van der Waals surface area contributed by atoms with Gasteiger partial charge in [-0.3, -0.25) is 9.59 Å². The van der Waals surface area contributed by atoms with Gasteiger partial charge in [-0.2, -0.15) is 0 Å². The second kappa shape index (κ2) is 10.9. The van der Waals surface area contributed by atoms with E-state index in [2.05, 4.69) is 32.0 Å². The molecule has 0 spiro atoms. The Balaban J connectivity index is 1.12. The third kappa shape index (κ3) is 5.13. The zero-order valence-electron chi connectivity index (χ0n) is 23.7. The molecule has 2 amide bonds. The van der Waals surface area contributed by atoms with Crippen LogP contribution in [0.2, 0.25) is 0 Å². The number of benzene rings is 1. The molecule has 2 saturated heterocycles.